The van der Waals surface area contributed by atoms with E-state index in [4.69, 9.17) is 4.99 Å². The van der Waals surface area contributed by atoms with Crippen LogP contribution in [0.4, 0.5) is 0 Å². The first-order valence-corrected chi connectivity index (χ1v) is 10.8. The predicted molar refractivity (Wildman–Crippen MR) is 119 cm³/mol. The number of hydrogen-bond donors (Lipinski definition) is 1. The van der Waals surface area contributed by atoms with Crippen LogP contribution in [-0.4, -0.2) is 39.8 Å². The molecule has 3 fully saturated rings. The normalized spacial score (nSPS) is 25.5. The molecule has 3 saturated heterocycles. The van der Waals surface area contributed by atoms with Crippen molar-refractivity contribution in [2.24, 2.45) is 10.9 Å². The van der Waals surface area contributed by atoms with Crippen LogP contribution in [0.3, 0.4) is 0 Å². The minimum absolute atomic E-state index is 0.166. The second-order valence-electron chi connectivity index (χ2n) is 8.26. The molecule has 152 valence electrons. The quantitative estimate of drug-likeness (QED) is 0.692. The van der Waals surface area contributed by atoms with Crippen molar-refractivity contribution in [3.8, 4) is 0 Å². The number of aliphatic imine (C=N–C) groups is 1. The first-order valence-electron chi connectivity index (χ1n) is 10.8. The van der Waals surface area contributed by atoms with Crippen LogP contribution in [0.15, 0.2) is 90.2 Å². The van der Waals surface area contributed by atoms with Crippen molar-refractivity contribution in [3.05, 3.63) is 102 Å². The van der Waals surface area contributed by atoms with Gasteiger partial charge in [0.15, 0.2) is 6.23 Å². The summed E-state index contributed by atoms with van der Waals surface area (Å²) in [5, 5.41) is 10.9. The molecular formula is C26H27N3O. The summed E-state index contributed by atoms with van der Waals surface area (Å²) in [6.07, 6.45) is 4.81. The minimum Gasteiger partial charge on any atom is -0.368 e. The third-order valence-electron chi connectivity index (χ3n) is 6.55. The molecular weight excluding hydrogens is 370 g/mol. The molecule has 3 aromatic rings. The highest BCUT2D eigenvalue weighted by Crippen LogP contribution is 2.41. The van der Waals surface area contributed by atoms with Crippen LogP contribution < -0.4 is 0 Å². The Labute approximate surface area is 177 Å². The second-order valence-corrected chi connectivity index (χ2v) is 8.26. The summed E-state index contributed by atoms with van der Waals surface area (Å²) in [6.45, 7) is 2.19. The maximum atomic E-state index is 10.9. The maximum absolute atomic E-state index is 10.9. The monoisotopic (exact) mass is 397 g/mol. The fourth-order valence-corrected chi connectivity index (χ4v) is 5.09. The molecule has 0 spiro atoms. The summed E-state index contributed by atoms with van der Waals surface area (Å²) < 4.78 is 0. The van der Waals surface area contributed by atoms with Crippen LogP contribution in [0, 0.1) is 5.92 Å². The van der Waals surface area contributed by atoms with Crippen LogP contribution in [0.1, 0.15) is 41.7 Å². The first-order chi connectivity index (χ1) is 14.8. The molecule has 0 radical (unpaired) electrons. The van der Waals surface area contributed by atoms with Gasteiger partial charge in [0, 0.05) is 35.5 Å². The molecule has 2 aromatic carbocycles. The Balaban J connectivity index is 1.60. The third kappa shape index (κ3) is 3.69. The molecule has 3 aliphatic rings. The number of aliphatic hydroxyl groups is 1. The Morgan fingerprint density at radius 3 is 1.93 bits per heavy atom. The Morgan fingerprint density at radius 2 is 1.37 bits per heavy atom. The van der Waals surface area contributed by atoms with Crippen LogP contribution in [0.25, 0.3) is 0 Å². The maximum Gasteiger partial charge on any atom is 0.171 e. The number of aliphatic hydroxyl groups excluding tert-OH is 1. The summed E-state index contributed by atoms with van der Waals surface area (Å²) in [5.74, 6) is 0.630. The number of aromatic nitrogens is 1. The molecule has 1 N–H and O–H groups in total. The van der Waals surface area contributed by atoms with Crippen LogP contribution in [0.5, 0.6) is 0 Å². The SMILES string of the molecule is OC(N=C1C2CCN(CC2)C1C(c1ccccc1)c1ccccc1)c1ccncc1. The van der Waals surface area contributed by atoms with Crippen molar-refractivity contribution in [1.29, 1.82) is 0 Å². The average molecular weight is 398 g/mol. The van der Waals surface area contributed by atoms with Gasteiger partial charge in [-0.1, -0.05) is 60.7 Å². The Morgan fingerprint density at radius 1 is 0.800 bits per heavy atom. The number of rotatable bonds is 5. The number of pyridine rings is 1. The van der Waals surface area contributed by atoms with E-state index in [9.17, 15) is 5.11 Å². The van der Waals surface area contributed by atoms with E-state index in [1.165, 1.54) is 11.1 Å². The molecule has 1 aromatic heterocycles. The lowest BCUT2D eigenvalue weighted by atomic mass is 9.72. The highest BCUT2D eigenvalue weighted by molar-refractivity contribution is 5.94. The van der Waals surface area contributed by atoms with Crippen molar-refractivity contribution in [1.82, 2.24) is 9.88 Å². The van der Waals surface area contributed by atoms with Gasteiger partial charge in [-0.05, 0) is 49.2 Å². The predicted octanol–water partition coefficient (Wildman–Crippen LogP) is 4.44. The van der Waals surface area contributed by atoms with Gasteiger partial charge in [0.2, 0.25) is 0 Å². The van der Waals surface area contributed by atoms with Crippen molar-refractivity contribution in [2.45, 2.75) is 31.0 Å². The van der Waals surface area contributed by atoms with E-state index in [-0.39, 0.29) is 12.0 Å². The average Bonchev–Trinajstić information content (AvgIpc) is 2.83. The number of hydrogen-bond acceptors (Lipinski definition) is 4. The molecule has 0 saturated carbocycles. The van der Waals surface area contributed by atoms with Crippen LogP contribution in [-0.2, 0) is 0 Å². The zero-order valence-corrected chi connectivity index (χ0v) is 17.0. The van der Waals surface area contributed by atoms with Gasteiger partial charge in [0.1, 0.15) is 0 Å². The highest BCUT2D eigenvalue weighted by Gasteiger charge is 2.44. The fourth-order valence-electron chi connectivity index (χ4n) is 5.09. The third-order valence-corrected chi connectivity index (χ3v) is 6.55. The van der Waals surface area contributed by atoms with E-state index in [0.717, 1.165) is 37.2 Å². The molecule has 4 heteroatoms. The van der Waals surface area contributed by atoms with Crippen molar-refractivity contribution in [2.75, 3.05) is 13.1 Å². The zero-order chi connectivity index (χ0) is 20.3. The Kier molecular flexibility index (Phi) is 5.43. The Hall–Kier alpha value is -2.82. The number of piperidine rings is 3. The van der Waals surface area contributed by atoms with Gasteiger partial charge in [-0.25, -0.2) is 0 Å². The zero-order valence-electron chi connectivity index (χ0n) is 17.0. The molecule has 2 bridgehead atoms. The molecule has 3 aliphatic heterocycles. The van der Waals surface area contributed by atoms with Crippen molar-refractivity contribution < 1.29 is 5.11 Å². The molecule has 2 atom stereocenters. The lowest BCUT2D eigenvalue weighted by molar-refractivity contribution is 0.128. The van der Waals surface area contributed by atoms with Gasteiger partial charge >= 0.3 is 0 Å². The molecule has 0 amide bonds. The molecule has 2 unspecified atom stereocenters. The van der Waals surface area contributed by atoms with Crippen molar-refractivity contribution in [3.63, 3.8) is 0 Å². The molecule has 6 rings (SSSR count). The Bertz CT molecular complexity index is 943. The number of nitrogens with zero attached hydrogens (tertiary/aromatic N) is 3. The number of fused-ring (bicyclic) bond motifs is 3. The standard InChI is InChI=1S/C26H27N3O/c30-26(22-11-15-27-16-12-22)28-24-21-13-17-29(18-14-21)25(24)23(19-7-3-1-4-8-19)20-9-5-2-6-10-20/h1-12,15-16,21,23,25-26,30H,13-14,17-18H2. The van der Waals surface area contributed by atoms with E-state index < -0.39 is 6.23 Å². The first kappa shape index (κ1) is 19.2. The summed E-state index contributed by atoms with van der Waals surface area (Å²) in [4.78, 5) is 11.6. The van der Waals surface area contributed by atoms with Gasteiger partial charge in [0.25, 0.3) is 0 Å². The fraction of sp³-hybridized carbons (Fsp3) is 0.308. The van der Waals surface area contributed by atoms with Gasteiger partial charge in [-0.3, -0.25) is 14.9 Å². The molecule has 0 aliphatic carbocycles. The lowest BCUT2D eigenvalue weighted by Gasteiger charge is -2.50. The lowest BCUT2D eigenvalue weighted by Crippen LogP contribution is -2.58. The summed E-state index contributed by atoms with van der Waals surface area (Å²) >= 11 is 0. The van der Waals surface area contributed by atoms with Gasteiger partial charge in [-0.2, -0.15) is 0 Å². The highest BCUT2D eigenvalue weighted by atomic mass is 16.3. The van der Waals surface area contributed by atoms with Gasteiger partial charge < -0.3 is 5.11 Å². The second kappa shape index (κ2) is 8.50. The van der Waals surface area contributed by atoms with Crippen LogP contribution in [0.2, 0.25) is 0 Å². The largest absolute Gasteiger partial charge is 0.368 e. The van der Waals surface area contributed by atoms with Crippen molar-refractivity contribution >= 4 is 5.71 Å². The molecule has 4 heterocycles. The van der Waals surface area contributed by atoms with E-state index in [1.807, 2.05) is 12.1 Å². The summed E-state index contributed by atoms with van der Waals surface area (Å²) in [6, 6.07) is 25.3. The smallest absolute Gasteiger partial charge is 0.171 e. The van der Waals surface area contributed by atoms with Gasteiger partial charge in [0.05, 0.1) is 6.04 Å². The molecule has 30 heavy (non-hydrogen) atoms. The summed E-state index contributed by atoms with van der Waals surface area (Å²) in [5.41, 5.74) is 4.54. The minimum atomic E-state index is -0.849. The molecule has 4 nitrogen and oxygen atoms in total. The van der Waals surface area contributed by atoms with E-state index in [2.05, 4.69) is 70.5 Å². The van der Waals surface area contributed by atoms with E-state index in [0.29, 0.717) is 5.92 Å². The topological polar surface area (TPSA) is 48.7 Å². The van der Waals surface area contributed by atoms with E-state index in [1.54, 1.807) is 12.4 Å². The van der Waals surface area contributed by atoms with Gasteiger partial charge in [-0.15, -0.1) is 0 Å². The number of benzene rings is 2. The van der Waals surface area contributed by atoms with Crippen LogP contribution >= 0.6 is 0 Å². The summed E-state index contributed by atoms with van der Waals surface area (Å²) in [7, 11) is 0. The van der Waals surface area contributed by atoms with E-state index >= 15 is 0 Å².